The second-order valence-corrected chi connectivity index (χ2v) is 3.87. The molecule has 0 saturated heterocycles. The first-order valence-electron chi connectivity index (χ1n) is 5.63. The second kappa shape index (κ2) is 8.29. The summed E-state index contributed by atoms with van der Waals surface area (Å²) in [7, 11) is 0. The molecule has 0 saturated carbocycles. The highest BCUT2D eigenvalue weighted by Gasteiger charge is 2.12. The summed E-state index contributed by atoms with van der Waals surface area (Å²) in [6.07, 6.45) is 0.424. The van der Waals surface area contributed by atoms with Crippen LogP contribution in [0.5, 0.6) is 0 Å². The van der Waals surface area contributed by atoms with E-state index in [2.05, 4.69) is 5.92 Å². The normalized spacial score (nSPS) is 12.2. The molecule has 0 aromatic heterocycles. The minimum absolute atomic E-state index is 0.424. The van der Waals surface area contributed by atoms with Crippen LogP contribution < -0.4 is 5.73 Å². The van der Waals surface area contributed by atoms with Crippen molar-refractivity contribution in [2.24, 2.45) is 5.73 Å². The molecule has 1 aromatic rings. The standard InChI is InChI=1S/C7H9N.C7H10O3/c8-6-7-4-2-1-3-5-7;1-3-7(2,10)5-4-6(8)9/h1-5H,6,8H2;10H,3H2,1-2H3,(H,8,9). The first-order chi connectivity index (χ1) is 8.41. The monoisotopic (exact) mass is 249 g/mol. The second-order valence-electron chi connectivity index (χ2n) is 3.87. The predicted octanol–water partition coefficient (Wildman–Crippen LogP) is 1.38. The van der Waals surface area contributed by atoms with E-state index in [-0.39, 0.29) is 0 Å². The van der Waals surface area contributed by atoms with Crippen molar-refractivity contribution in [2.75, 3.05) is 0 Å². The van der Waals surface area contributed by atoms with Gasteiger partial charge in [-0.3, -0.25) is 0 Å². The minimum Gasteiger partial charge on any atom is -0.472 e. The van der Waals surface area contributed by atoms with Gasteiger partial charge in [0.05, 0.1) is 0 Å². The summed E-state index contributed by atoms with van der Waals surface area (Å²) in [4.78, 5) is 9.88. The topological polar surface area (TPSA) is 83.5 Å². The first-order valence-corrected chi connectivity index (χ1v) is 5.63. The number of carbonyl (C=O) groups is 1. The zero-order valence-corrected chi connectivity index (χ0v) is 10.7. The van der Waals surface area contributed by atoms with Crippen LogP contribution in [0.15, 0.2) is 30.3 Å². The Labute approximate surface area is 107 Å². The Morgan fingerprint density at radius 1 is 1.39 bits per heavy atom. The van der Waals surface area contributed by atoms with Gasteiger partial charge in [-0.05, 0) is 18.9 Å². The Balaban J connectivity index is 0.000000327. The minimum atomic E-state index is -1.21. The molecule has 0 fully saturated rings. The molecule has 1 atom stereocenters. The maximum absolute atomic E-state index is 9.88. The van der Waals surface area contributed by atoms with E-state index in [0.29, 0.717) is 13.0 Å². The summed E-state index contributed by atoms with van der Waals surface area (Å²) in [5.74, 6) is 2.85. The molecular weight excluding hydrogens is 230 g/mol. The zero-order valence-electron chi connectivity index (χ0n) is 10.7. The third kappa shape index (κ3) is 8.34. The predicted molar refractivity (Wildman–Crippen MR) is 70.7 cm³/mol. The molecule has 0 radical (unpaired) electrons. The Kier molecular flexibility index (Phi) is 7.45. The average molecular weight is 249 g/mol. The highest BCUT2D eigenvalue weighted by Crippen LogP contribution is 2.04. The van der Waals surface area contributed by atoms with Crippen LogP contribution in [0.25, 0.3) is 0 Å². The molecule has 0 aliphatic rings. The lowest BCUT2D eigenvalue weighted by molar-refractivity contribution is -0.130. The van der Waals surface area contributed by atoms with E-state index in [4.69, 9.17) is 15.9 Å². The van der Waals surface area contributed by atoms with Gasteiger partial charge in [-0.15, -0.1) is 0 Å². The van der Waals surface area contributed by atoms with Crippen molar-refractivity contribution in [3.63, 3.8) is 0 Å². The number of hydrogen-bond donors (Lipinski definition) is 3. The van der Waals surface area contributed by atoms with E-state index in [1.54, 1.807) is 6.92 Å². The van der Waals surface area contributed by atoms with Crippen LogP contribution in [-0.2, 0) is 11.3 Å². The van der Waals surface area contributed by atoms with Crippen LogP contribution in [0.2, 0.25) is 0 Å². The van der Waals surface area contributed by atoms with Crippen molar-refractivity contribution in [3.8, 4) is 11.8 Å². The van der Waals surface area contributed by atoms with Gasteiger partial charge in [0.25, 0.3) is 0 Å². The van der Waals surface area contributed by atoms with Crippen molar-refractivity contribution in [2.45, 2.75) is 32.4 Å². The van der Waals surface area contributed by atoms with Gasteiger partial charge in [0.15, 0.2) is 0 Å². The van der Waals surface area contributed by atoms with Gasteiger partial charge < -0.3 is 15.9 Å². The van der Waals surface area contributed by atoms with E-state index in [1.807, 2.05) is 36.3 Å². The van der Waals surface area contributed by atoms with Gasteiger partial charge in [-0.2, -0.15) is 0 Å². The Morgan fingerprint density at radius 2 is 1.94 bits per heavy atom. The molecule has 0 bridgehead atoms. The molecule has 0 amide bonds. The summed E-state index contributed by atoms with van der Waals surface area (Å²) >= 11 is 0. The molecule has 1 aromatic carbocycles. The molecule has 4 heteroatoms. The van der Waals surface area contributed by atoms with Crippen molar-refractivity contribution in [1.82, 2.24) is 0 Å². The summed E-state index contributed by atoms with van der Waals surface area (Å²) in [6, 6.07) is 9.99. The van der Waals surface area contributed by atoms with Gasteiger partial charge in [0, 0.05) is 12.5 Å². The molecule has 1 unspecified atom stereocenters. The molecule has 98 valence electrons. The molecular formula is C14H19NO3. The zero-order chi connectivity index (χ0) is 14.0. The number of aliphatic carboxylic acids is 1. The summed E-state index contributed by atoms with van der Waals surface area (Å²) in [5.41, 5.74) is 5.37. The van der Waals surface area contributed by atoms with E-state index < -0.39 is 11.6 Å². The van der Waals surface area contributed by atoms with Gasteiger partial charge in [0.2, 0.25) is 0 Å². The molecule has 18 heavy (non-hydrogen) atoms. The number of rotatable bonds is 2. The number of aliphatic hydroxyl groups is 1. The van der Waals surface area contributed by atoms with E-state index in [9.17, 15) is 4.79 Å². The summed E-state index contributed by atoms with van der Waals surface area (Å²) in [5, 5.41) is 17.2. The van der Waals surface area contributed by atoms with Crippen LogP contribution in [0.1, 0.15) is 25.8 Å². The maximum atomic E-state index is 9.88. The van der Waals surface area contributed by atoms with Crippen molar-refractivity contribution < 1.29 is 15.0 Å². The molecule has 1 rings (SSSR count). The van der Waals surface area contributed by atoms with Crippen LogP contribution in [0.3, 0.4) is 0 Å². The number of carboxylic acid groups (broad SMARTS) is 1. The SMILES string of the molecule is CCC(C)(O)C#CC(=O)O.NCc1ccccc1. The van der Waals surface area contributed by atoms with Crippen LogP contribution in [-0.4, -0.2) is 21.8 Å². The van der Waals surface area contributed by atoms with Crippen molar-refractivity contribution in [1.29, 1.82) is 0 Å². The lowest BCUT2D eigenvalue weighted by Gasteiger charge is -2.11. The Morgan fingerprint density at radius 3 is 2.28 bits per heavy atom. The Bertz CT molecular complexity index is 416. The molecule has 0 spiro atoms. The van der Waals surface area contributed by atoms with Crippen molar-refractivity contribution in [3.05, 3.63) is 35.9 Å². The largest absolute Gasteiger partial charge is 0.472 e. The molecule has 0 heterocycles. The number of benzene rings is 1. The van der Waals surface area contributed by atoms with Crippen LogP contribution >= 0.6 is 0 Å². The van der Waals surface area contributed by atoms with Gasteiger partial charge in [-0.1, -0.05) is 43.2 Å². The quantitative estimate of drug-likeness (QED) is 0.691. The van der Waals surface area contributed by atoms with E-state index >= 15 is 0 Å². The molecule has 4 nitrogen and oxygen atoms in total. The van der Waals surface area contributed by atoms with Crippen molar-refractivity contribution >= 4 is 5.97 Å². The van der Waals surface area contributed by atoms with E-state index in [1.165, 1.54) is 12.5 Å². The number of hydrogen-bond acceptors (Lipinski definition) is 3. The number of nitrogens with two attached hydrogens (primary N) is 1. The first kappa shape index (κ1) is 16.2. The highest BCUT2D eigenvalue weighted by molar-refractivity contribution is 5.86. The molecule has 0 aliphatic heterocycles. The van der Waals surface area contributed by atoms with Gasteiger partial charge in [-0.25, -0.2) is 4.79 Å². The van der Waals surface area contributed by atoms with Gasteiger partial charge in [0.1, 0.15) is 5.60 Å². The lowest BCUT2D eigenvalue weighted by Crippen LogP contribution is -2.19. The fourth-order valence-electron chi connectivity index (χ4n) is 0.891. The van der Waals surface area contributed by atoms with E-state index in [0.717, 1.165) is 0 Å². The summed E-state index contributed by atoms with van der Waals surface area (Å²) in [6.45, 7) is 3.85. The Hall–Kier alpha value is -1.83. The van der Waals surface area contributed by atoms with Gasteiger partial charge >= 0.3 is 5.97 Å². The third-order valence-corrected chi connectivity index (χ3v) is 2.21. The maximum Gasteiger partial charge on any atom is 0.382 e. The smallest absolute Gasteiger partial charge is 0.382 e. The highest BCUT2D eigenvalue weighted by atomic mass is 16.4. The fourth-order valence-corrected chi connectivity index (χ4v) is 0.891. The summed E-state index contributed by atoms with van der Waals surface area (Å²) < 4.78 is 0. The average Bonchev–Trinajstić information content (AvgIpc) is 2.38. The van der Waals surface area contributed by atoms with Crippen LogP contribution in [0.4, 0.5) is 0 Å². The molecule has 4 N–H and O–H groups in total. The fraction of sp³-hybridized carbons (Fsp3) is 0.357. The number of carboxylic acids is 1. The lowest BCUT2D eigenvalue weighted by atomic mass is 10.1. The van der Waals surface area contributed by atoms with Crippen LogP contribution in [0, 0.1) is 11.8 Å². The third-order valence-electron chi connectivity index (χ3n) is 2.21. The molecule has 0 aliphatic carbocycles.